The predicted molar refractivity (Wildman–Crippen MR) is 340 cm³/mol. The van der Waals surface area contributed by atoms with Gasteiger partial charge in [0.15, 0.2) is 12.2 Å². The summed E-state index contributed by atoms with van der Waals surface area (Å²) in [6, 6.07) is 0. The molecule has 19 heteroatoms. The molecular weight excluding hydrogens is 1130 g/mol. The van der Waals surface area contributed by atoms with Crippen LogP contribution in [0.2, 0.25) is 0 Å². The van der Waals surface area contributed by atoms with Gasteiger partial charge in [-0.2, -0.15) is 0 Å². The van der Waals surface area contributed by atoms with E-state index in [9.17, 15) is 43.2 Å². The molecule has 0 amide bonds. The zero-order chi connectivity index (χ0) is 62.6. The predicted octanol–water partition coefficient (Wildman–Crippen LogP) is 18.7. The molecule has 0 rings (SSSR count). The first kappa shape index (κ1) is 83.1. The molecule has 0 heterocycles. The molecule has 504 valence electrons. The van der Waals surface area contributed by atoms with Gasteiger partial charge in [0.2, 0.25) is 0 Å². The van der Waals surface area contributed by atoms with Crippen LogP contribution in [0.5, 0.6) is 0 Å². The van der Waals surface area contributed by atoms with Crippen LogP contribution >= 0.6 is 15.6 Å². The van der Waals surface area contributed by atoms with Crippen molar-refractivity contribution in [1.29, 1.82) is 0 Å². The van der Waals surface area contributed by atoms with Gasteiger partial charge in [-0.3, -0.25) is 37.3 Å². The van der Waals surface area contributed by atoms with E-state index in [1.807, 2.05) is 0 Å². The number of esters is 4. The molecular formula is C66H128O17P2. The third-order valence-corrected chi connectivity index (χ3v) is 17.3. The summed E-state index contributed by atoms with van der Waals surface area (Å²) in [7, 11) is -9.88. The van der Waals surface area contributed by atoms with E-state index in [4.69, 9.17) is 37.0 Å². The van der Waals surface area contributed by atoms with E-state index in [1.54, 1.807) is 0 Å². The zero-order valence-corrected chi connectivity index (χ0v) is 56.4. The molecule has 0 aliphatic rings. The van der Waals surface area contributed by atoms with E-state index in [0.717, 1.165) is 89.9 Å². The Morgan fingerprint density at radius 1 is 0.282 bits per heavy atom. The summed E-state index contributed by atoms with van der Waals surface area (Å²) in [6.07, 6.45) is 47.2. The molecule has 2 unspecified atom stereocenters. The average molecular weight is 1260 g/mol. The van der Waals surface area contributed by atoms with Gasteiger partial charge in [0.05, 0.1) is 26.4 Å². The number of hydrogen-bond acceptors (Lipinski definition) is 15. The van der Waals surface area contributed by atoms with Crippen molar-refractivity contribution < 1.29 is 80.2 Å². The van der Waals surface area contributed by atoms with Crippen molar-refractivity contribution in [2.75, 3.05) is 39.6 Å². The maximum absolute atomic E-state index is 13.0. The zero-order valence-electron chi connectivity index (χ0n) is 54.6. The van der Waals surface area contributed by atoms with Crippen LogP contribution in [0.4, 0.5) is 0 Å². The van der Waals surface area contributed by atoms with Crippen molar-refractivity contribution in [3.63, 3.8) is 0 Å². The molecule has 0 aromatic rings. The van der Waals surface area contributed by atoms with Gasteiger partial charge in [-0.15, -0.1) is 0 Å². The molecule has 0 aromatic carbocycles. The summed E-state index contributed by atoms with van der Waals surface area (Å²) in [4.78, 5) is 72.2. The Hall–Kier alpha value is -1.94. The molecule has 0 saturated heterocycles. The highest BCUT2D eigenvalue weighted by Crippen LogP contribution is 2.45. The second kappa shape index (κ2) is 60.9. The fraction of sp³-hybridized carbons (Fsp3) is 0.939. The monoisotopic (exact) mass is 1250 g/mol. The Morgan fingerprint density at radius 2 is 0.471 bits per heavy atom. The Kier molecular flexibility index (Phi) is 59.6. The van der Waals surface area contributed by atoms with Crippen molar-refractivity contribution in [2.24, 2.45) is 0 Å². The molecule has 0 bridgehead atoms. The summed E-state index contributed by atoms with van der Waals surface area (Å²) in [6.45, 7) is 4.88. The van der Waals surface area contributed by atoms with Crippen molar-refractivity contribution in [3.8, 4) is 0 Å². The highest BCUT2D eigenvalue weighted by molar-refractivity contribution is 7.47. The SMILES string of the molecule is CCCCCCCCCCCCCCCCCCCC(=O)O[C@H](COC(=O)CCCCCCCCCCCC)COP(=O)(O)OC[C@@H](O)COP(=O)(O)OC[C@@H](COC(=O)CCCCCCCCCCC)OC(=O)CCCCCCCCCCC. The average Bonchev–Trinajstić information content (AvgIpc) is 3.54. The van der Waals surface area contributed by atoms with Gasteiger partial charge < -0.3 is 33.8 Å². The summed E-state index contributed by atoms with van der Waals surface area (Å²) in [5.74, 6) is -2.13. The number of carbonyl (C=O) groups is 4. The summed E-state index contributed by atoms with van der Waals surface area (Å²) < 4.78 is 68.0. The van der Waals surface area contributed by atoms with Crippen LogP contribution in [-0.4, -0.2) is 96.7 Å². The number of unbranched alkanes of at least 4 members (excludes halogenated alkanes) is 41. The number of phosphoric ester groups is 2. The molecule has 0 aliphatic carbocycles. The largest absolute Gasteiger partial charge is 0.472 e. The molecule has 5 atom stereocenters. The molecule has 17 nitrogen and oxygen atoms in total. The van der Waals surface area contributed by atoms with Gasteiger partial charge in [-0.05, 0) is 25.7 Å². The molecule has 0 spiro atoms. The topological polar surface area (TPSA) is 237 Å². The summed E-state index contributed by atoms with van der Waals surface area (Å²) in [5.41, 5.74) is 0. The van der Waals surface area contributed by atoms with E-state index >= 15 is 0 Å². The lowest BCUT2D eigenvalue weighted by Gasteiger charge is -2.21. The number of ether oxygens (including phenoxy) is 4. The quantitative estimate of drug-likeness (QED) is 0.0222. The normalized spacial score (nSPS) is 14.1. The number of aliphatic hydroxyl groups is 1. The number of aliphatic hydroxyl groups excluding tert-OH is 1. The van der Waals surface area contributed by atoms with Crippen LogP contribution in [-0.2, 0) is 65.4 Å². The molecule has 0 aliphatic heterocycles. The van der Waals surface area contributed by atoms with Gasteiger partial charge in [0, 0.05) is 25.7 Å². The first-order chi connectivity index (χ1) is 41.2. The molecule has 0 aromatic heterocycles. The minimum absolute atomic E-state index is 0.106. The Balaban J connectivity index is 5.18. The third kappa shape index (κ3) is 60.7. The van der Waals surface area contributed by atoms with Gasteiger partial charge in [0.1, 0.15) is 19.3 Å². The fourth-order valence-corrected chi connectivity index (χ4v) is 11.6. The van der Waals surface area contributed by atoms with E-state index in [-0.39, 0.29) is 25.7 Å². The van der Waals surface area contributed by atoms with Crippen molar-refractivity contribution >= 4 is 39.5 Å². The Labute approximate surface area is 517 Å². The van der Waals surface area contributed by atoms with E-state index in [1.165, 1.54) is 173 Å². The van der Waals surface area contributed by atoms with Gasteiger partial charge in [-0.25, -0.2) is 9.13 Å². The Bertz CT molecular complexity index is 1640. The molecule has 3 N–H and O–H groups in total. The van der Waals surface area contributed by atoms with Crippen LogP contribution in [0.25, 0.3) is 0 Å². The van der Waals surface area contributed by atoms with E-state index in [2.05, 4.69) is 27.7 Å². The van der Waals surface area contributed by atoms with Crippen LogP contribution in [0.15, 0.2) is 0 Å². The van der Waals surface area contributed by atoms with Gasteiger partial charge in [-0.1, -0.05) is 291 Å². The molecule has 0 radical (unpaired) electrons. The number of hydrogen-bond donors (Lipinski definition) is 3. The highest BCUT2D eigenvalue weighted by Gasteiger charge is 2.30. The van der Waals surface area contributed by atoms with Crippen LogP contribution in [0.3, 0.4) is 0 Å². The lowest BCUT2D eigenvalue weighted by atomic mass is 10.0. The lowest BCUT2D eigenvalue weighted by molar-refractivity contribution is -0.161. The number of phosphoric acid groups is 2. The first-order valence-corrected chi connectivity index (χ1v) is 37.8. The van der Waals surface area contributed by atoms with E-state index in [0.29, 0.717) is 25.7 Å². The minimum atomic E-state index is -4.94. The fourth-order valence-electron chi connectivity index (χ4n) is 9.99. The summed E-state index contributed by atoms with van der Waals surface area (Å²) >= 11 is 0. The van der Waals surface area contributed by atoms with Crippen molar-refractivity contribution in [2.45, 2.75) is 361 Å². The van der Waals surface area contributed by atoms with Gasteiger partial charge in [0.25, 0.3) is 0 Å². The number of rotatable bonds is 67. The minimum Gasteiger partial charge on any atom is -0.462 e. The first-order valence-electron chi connectivity index (χ1n) is 34.8. The van der Waals surface area contributed by atoms with Crippen LogP contribution < -0.4 is 0 Å². The molecule has 85 heavy (non-hydrogen) atoms. The standard InChI is InChI=1S/C66H128O17P2/c1-5-9-13-17-21-25-27-28-29-30-31-32-33-37-41-45-49-53-66(71)83-62(57-77-64(69)51-47-43-39-36-26-22-18-14-10-6-2)59-81-85(74,75)79-55-60(67)54-78-84(72,73)80-58-61(82-65(70)52-48-44-40-35-24-20-16-12-8-4)56-76-63(68)50-46-42-38-34-23-19-15-11-7-3/h60-62,67H,5-59H2,1-4H3,(H,72,73)(H,74,75)/t60-,61+,62+/m0/s1. The van der Waals surface area contributed by atoms with Crippen LogP contribution in [0, 0.1) is 0 Å². The van der Waals surface area contributed by atoms with E-state index < -0.39 is 97.5 Å². The Morgan fingerprint density at radius 3 is 0.694 bits per heavy atom. The lowest BCUT2D eigenvalue weighted by Crippen LogP contribution is -2.30. The smallest absolute Gasteiger partial charge is 0.462 e. The van der Waals surface area contributed by atoms with Gasteiger partial charge >= 0.3 is 39.5 Å². The maximum atomic E-state index is 13.0. The van der Waals surface area contributed by atoms with Crippen molar-refractivity contribution in [3.05, 3.63) is 0 Å². The number of carbonyl (C=O) groups excluding carboxylic acids is 4. The van der Waals surface area contributed by atoms with Crippen LogP contribution in [0.1, 0.15) is 342 Å². The second-order valence-electron chi connectivity index (χ2n) is 23.9. The third-order valence-electron chi connectivity index (χ3n) is 15.4. The highest BCUT2D eigenvalue weighted by atomic mass is 31.2. The summed E-state index contributed by atoms with van der Waals surface area (Å²) in [5, 5.41) is 10.5. The molecule has 0 saturated carbocycles. The van der Waals surface area contributed by atoms with Crippen molar-refractivity contribution in [1.82, 2.24) is 0 Å². The molecule has 0 fully saturated rings. The maximum Gasteiger partial charge on any atom is 0.472 e. The second-order valence-corrected chi connectivity index (χ2v) is 26.8.